The number of aliphatic hydroxyl groups excluding tert-OH is 12. The van der Waals surface area contributed by atoms with Crippen LogP contribution in [0, 0.1) is 40.4 Å². The molecule has 4 heterocycles. The molecule has 22 heteroatoms. The number of allylic oxidation sites excluding steroid dienone is 1. The van der Waals surface area contributed by atoms with Gasteiger partial charge in [0.05, 0.1) is 38.1 Å². The maximum absolute atomic E-state index is 12.1. The van der Waals surface area contributed by atoms with Crippen molar-refractivity contribution in [1.29, 1.82) is 0 Å². The summed E-state index contributed by atoms with van der Waals surface area (Å²) >= 11 is 0. The molecule has 0 spiro atoms. The highest BCUT2D eigenvalue weighted by molar-refractivity contribution is 5.26. The molecule has 4 saturated heterocycles. The molecule has 3 saturated carbocycles. The number of rotatable bonds is 18. The lowest BCUT2D eigenvalue weighted by Gasteiger charge is -2.58. The van der Waals surface area contributed by atoms with Crippen LogP contribution in [0.4, 0.5) is 0 Å². The van der Waals surface area contributed by atoms with Crippen LogP contribution in [0.1, 0.15) is 99.3 Å². The Morgan fingerprint density at radius 3 is 1.88 bits per heavy atom. The molecule has 22 nitrogen and oxygen atoms in total. The summed E-state index contributed by atoms with van der Waals surface area (Å²) in [7, 11) is 1.61. The van der Waals surface area contributed by atoms with Gasteiger partial charge < -0.3 is 109 Å². The quantitative estimate of drug-likeness (QED) is 0.0592. The Kier molecular flexibility index (Phi) is 19.3. The van der Waals surface area contributed by atoms with Crippen molar-refractivity contribution in [3.63, 3.8) is 0 Å². The number of ether oxygens (including phenoxy) is 10. The van der Waals surface area contributed by atoms with E-state index in [0.29, 0.717) is 42.8 Å². The van der Waals surface area contributed by atoms with E-state index in [2.05, 4.69) is 33.4 Å². The second-order valence-corrected chi connectivity index (χ2v) is 23.6. The predicted molar refractivity (Wildman–Crippen MR) is 260 cm³/mol. The molecular formula is C53H88O22. The van der Waals surface area contributed by atoms with Gasteiger partial charge in [-0.1, -0.05) is 45.9 Å². The highest BCUT2D eigenvalue weighted by Crippen LogP contribution is 2.67. The van der Waals surface area contributed by atoms with Crippen LogP contribution in [0.5, 0.6) is 0 Å². The van der Waals surface area contributed by atoms with E-state index < -0.39 is 148 Å². The van der Waals surface area contributed by atoms with E-state index in [0.717, 1.165) is 38.5 Å². The Morgan fingerprint density at radius 2 is 1.28 bits per heavy atom. The normalized spacial score (nSPS) is 50.9. The Morgan fingerprint density at radius 1 is 0.693 bits per heavy atom. The van der Waals surface area contributed by atoms with Crippen molar-refractivity contribution in [3.8, 4) is 0 Å². The van der Waals surface area contributed by atoms with Crippen molar-refractivity contribution in [2.75, 3.05) is 26.9 Å². The number of aliphatic hydroxyl groups is 12. The summed E-state index contributed by atoms with van der Waals surface area (Å²) in [6, 6.07) is 0. The predicted octanol–water partition coefficient (Wildman–Crippen LogP) is -0.769. The number of hydrogen-bond acceptors (Lipinski definition) is 22. The van der Waals surface area contributed by atoms with Gasteiger partial charge in [-0.15, -0.1) is 0 Å². The van der Waals surface area contributed by atoms with E-state index in [-0.39, 0.29) is 35.4 Å². The molecule has 7 fully saturated rings. The zero-order chi connectivity index (χ0) is 54.6. The first-order valence-electron chi connectivity index (χ1n) is 27.3. The summed E-state index contributed by atoms with van der Waals surface area (Å²) in [4.78, 5) is 0. The first kappa shape index (κ1) is 59.6. The van der Waals surface area contributed by atoms with Crippen LogP contribution in [0.2, 0.25) is 0 Å². The summed E-state index contributed by atoms with van der Waals surface area (Å²) in [5.74, 6) is 1.87. The molecule has 8 aliphatic rings. The smallest absolute Gasteiger partial charge is 0.187 e. The minimum absolute atomic E-state index is 0.0268. The van der Waals surface area contributed by atoms with Gasteiger partial charge in [0.15, 0.2) is 25.2 Å². The molecule has 0 aromatic heterocycles. The molecule has 0 aromatic rings. The summed E-state index contributed by atoms with van der Waals surface area (Å²) < 4.78 is 60.8. The third kappa shape index (κ3) is 11.5. The van der Waals surface area contributed by atoms with Gasteiger partial charge in [-0.05, 0) is 106 Å². The molecule has 8 rings (SSSR count). The Labute approximate surface area is 439 Å². The first-order valence-corrected chi connectivity index (χ1v) is 27.3. The van der Waals surface area contributed by atoms with Crippen molar-refractivity contribution < 1.29 is 109 Å². The minimum Gasteiger partial charge on any atom is -0.492 e. The van der Waals surface area contributed by atoms with Gasteiger partial charge in [0.2, 0.25) is 0 Å². The molecule has 75 heavy (non-hydrogen) atoms. The SMILES string of the molecule is C=C(O[C@H]1C[C@H]2[C@@H]3CC=C4C[C@@H](O[C@@H]5OC(CO)[C@@H](O[C@@H]6OC(C)[C@H](O)C(O)[C@H]6O)[C@H](O)C5O[C@@H]5OC(C)[C@H](O)C(O)[C@@H]5O)CC[C@]4(C)[C@H]3CC[C@]2(C)[C@H]1CC)[C@H](C[C@@H](C)CO[C@@H]1OC(CO)[C@@H](O)[C@H](O)C1O)OC. The van der Waals surface area contributed by atoms with Gasteiger partial charge in [-0.25, -0.2) is 0 Å². The lowest BCUT2D eigenvalue weighted by atomic mass is 9.47. The van der Waals surface area contributed by atoms with E-state index in [9.17, 15) is 61.3 Å². The highest BCUT2D eigenvalue weighted by Gasteiger charge is 2.62. The van der Waals surface area contributed by atoms with Gasteiger partial charge in [0.1, 0.15) is 103 Å². The molecule has 432 valence electrons. The molecule has 0 amide bonds. The van der Waals surface area contributed by atoms with Crippen LogP contribution in [-0.4, -0.2) is 229 Å². The average Bonchev–Trinajstić information content (AvgIpc) is 3.68. The molecule has 8 unspecified atom stereocenters. The largest absolute Gasteiger partial charge is 0.492 e. The van der Waals surface area contributed by atoms with Crippen molar-refractivity contribution >= 4 is 0 Å². The summed E-state index contributed by atoms with van der Waals surface area (Å²) in [6.45, 7) is 15.2. The van der Waals surface area contributed by atoms with Crippen LogP contribution in [0.3, 0.4) is 0 Å². The molecule has 30 atom stereocenters. The summed E-state index contributed by atoms with van der Waals surface area (Å²) in [6.07, 6.45) is -20.3. The Bertz CT molecular complexity index is 1910. The van der Waals surface area contributed by atoms with Crippen molar-refractivity contribution in [2.45, 2.75) is 240 Å². The second kappa shape index (κ2) is 24.3. The maximum Gasteiger partial charge on any atom is 0.187 e. The Balaban J connectivity index is 0.928. The first-order chi connectivity index (χ1) is 35.5. The van der Waals surface area contributed by atoms with E-state index >= 15 is 0 Å². The van der Waals surface area contributed by atoms with Gasteiger partial charge in [0, 0.05) is 13.0 Å². The minimum atomic E-state index is -1.75. The van der Waals surface area contributed by atoms with Gasteiger partial charge in [-0.3, -0.25) is 0 Å². The zero-order valence-corrected chi connectivity index (χ0v) is 44.4. The zero-order valence-electron chi connectivity index (χ0n) is 44.4. The van der Waals surface area contributed by atoms with E-state index in [4.69, 9.17) is 47.4 Å². The van der Waals surface area contributed by atoms with E-state index in [1.807, 2.05) is 6.92 Å². The van der Waals surface area contributed by atoms with Crippen molar-refractivity contribution in [1.82, 2.24) is 0 Å². The Hall–Kier alpha value is -1.56. The van der Waals surface area contributed by atoms with Gasteiger partial charge >= 0.3 is 0 Å². The molecule has 12 N–H and O–H groups in total. The maximum atomic E-state index is 12.1. The lowest BCUT2D eigenvalue weighted by Crippen LogP contribution is -2.66. The average molecular weight is 1080 g/mol. The van der Waals surface area contributed by atoms with Gasteiger partial charge in [-0.2, -0.15) is 0 Å². The number of methoxy groups -OCH3 is 1. The third-order valence-electron chi connectivity index (χ3n) is 19.0. The molecule has 0 aromatic carbocycles. The molecule has 4 aliphatic heterocycles. The molecule has 0 bridgehead atoms. The third-order valence-corrected chi connectivity index (χ3v) is 19.0. The molecule has 4 aliphatic carbocycles. The topological polar surface area (TPSA) is 335 Å². The van der Waals surface area contributed by atoms with E-state index in [1.165, 1.54) is 19.4 Å². The van der Waals surface area contributed by atoms with Crippen molar-refractivity contribution in [3.05, 3.63) is 24.0 Å². The van der Waals surface area contributed by atoms with Crippen LogP contribution in [0.15, 0.2) is 24.0 Å². The lowest BCUT2D eigenvalue weighted by molar-refractivity contribution is -0.388. The number of fused-ring (bicyclic) bond motifs is 5. The monoisotopic (exact) mass is 1080 g/mol. The second-order valence-electron chi connectivity index (χ2n) is 23.6. The fourth-order valence-corrected chi connectivity index (χ4v) is 14.4. The van der Waals surface area contributed by atoms with Crippen LogP contribution < -0.4 is 0 Å². The fraction of sp³-hybridized carbons (Fsp3) is 0.925. The fourth-order valence-electron chi connectivity index (χ4n) is 14.4. The van der Waals surface area contributed by atoms with Crippen LogP contribution in [0.25, 0.3) is 0 Å². The molecular weight excluding hydrogens is 989 g/mol. The highest BCUT2D eigenvalue weighted by atomic mass is 16.8. The van der Waals surface area contributed by atoms with Crippen LogP contribution >= 0.6 is 0 Å². The standard InChI is InChI=1S/C53H88O22/c1-9-29-33(68-23(3)32(66-8)16-22(2)21-67-48-42(62)41(61)38(58)34(19-54)72-48)18-31-28-11-10-26-17-27(12-14-52(26,6)30(28)13-15-53(29,31)7)71-51-47(75-50-44(64)40(60)37(57)25(5)70-50)45(65)46(35(20-55)73-51)74-49-43(63)39(59)36(56)24(4)69-49/h10,22,24-25,27-51,54-65H,3,9,11-21H2,1-2,4-8H3/t22-,24?,25?,27+,28-,29+,30+,31+,32+,33+,34?,35?,36+,37+,38-,39?,40?,41+,42?,43-,44+,45+,46-,47?,48-,49+,50+,51-,52+,53-/m1/s1. The summed E-state index contributed by atoms with van der Waals surface area (Å²) in [5, 5.41) is 127. The van der Waals surface area contributed by atoms with E-state index in [1.54, 1.807) is 7.11 Å². The molecule has 0 radical (unpaired) electrons. The van der Waals surface area contributed by atoms with Crippen molar-refractivity contribution in [2.24, 2.45) is 40.4 Å². The van der Waals surface area contributed by atoms with Gasteiger partial charge in [0.25, 0.3) is 0 Å². The number of hydrogen-bond donors (Lipinski definition) is 12. The summed E-state index contributed by atoms with van der Waals surface area (Å²) in [5.41, 5.74) is 1.16. The van der Waals surface area contributed by atoms with Crippen LogP contribution in [-0.2, 0) is 47.4 Å².